The topological polar surface area (TPSA) is 73.3 Å². The molecule has 0 radical (unpaired) electrons. The van der Waals surface area contributed by atoms with Gasteiger partial charge in [0.2, 0.25) is 11.8 Å². The maximum Gasteiger partial charge on any atom is 0.234 e. The molecule has 0 saturated carbocycles. The van der Waals surface area contributed by atoms with Crippen molar-refractivity contribution in [3.8, 4) is 28.8 Å². The second-order valence-electron chi connectivity index (χ2n) is 8.64. The van der Waals surface area contributed by atoms with Crippen molar-refractivity contribution in [1.29, 1.82) is 0 Å². The summed E-state index contributed by atoms with van der Waals surface area (Å²) in [4.78, 5) is 22.4. The third-order valence-corrected chi connectivity index (χ3v) is 6.87. The van der Waals surface area contributed by atoms with E-state index in [4.69, 9.17) is 19.4 Å². The van der Waals surface area contributed by atoms with Crippen molar-refractivity contribution in [3.63, 3.8) is 0 Å². The summed E-state index contributed by atoms with van der Waals surface area (Å²) in [5, 5.41) is 3.72. The maximum absolute atomic E-state index is 12.7. The molecule has 0 fully saturated rings. The number of rotatable bonds is 7. The van der Waals surface area contributed by atoms with Gasteiger partial charge in [0.15, 0.2) is 5.82 Å². The second kappa shape index (κ2) is 10.4. The van der Waals surface area contributed by atoms with Gasteiger partial charge in [-0.05, 0) is 73.9 Å². The SMILES string of the molecule is CCOc1ccc(-c2nc3c(c(SCC(=O)Nc4cccc(C)c4)n2)Cc2cccc(C)c2O3)cc1. The third kappa shape index (κ3) is 5.21. The highest BCUT2D eigenvalue weighted by atomic mass is 32.2. The van der Waals surface area contributed by atoms with Gasteiger partial charge in [-0.2, -0.15) is 4.98 Å². The molecule has 1 amide bonds. The van der Waals surface area contributed by atoms with Crippen molar-refractivity contribution in [2.45, 2.75) is 32.2 Å². The molecule has 0 unspecified atom stereocenters. The number of aryl methyl sites for hydroxylation is 2. The number of para-hydroxylation sites is 1. The zero-order chi connectivity index (χ0) is 25.1. The second-order valence-corrected chi connectivity index (χ2v) is 9.61. The highest BCUT2D eigenvalue weighted by Gasteiger charge is 2.25. The lowest BCUT2D eigenvalue weighted by atomic mass is 10.0. The molecule has 2 heterocycles. The number of carbonyl (C=O) groups excluding carboxylic acids is 1. The molecule has 0 spiro atoms. The number of nitrogens with one attached hydrogen (secondary N) is 1. The lowest BCUT2D eigenvalue weighted by Gasteiger charge is -2.23. The van der Waals surface area contributed by atoms with Gasteiger partial charge in [-0.1, -0.05) is 42.1 Å². The summed E-state index contributed by atoms with van der Waals surface area (Å²) < 4.78 is 11.9. The van der Waals surface area contributed by atoms with Crippen LogP contribution in [0.5, 0.6) is 17.4 Å². The first-order valence-corrected chi connectivity index (χ1v) is 12.9. The summed E-state index contributed by atoms with van der Waals surface area (Å²) in [7, 11) is 0. The first-order valence-electron chi connectivity index (χ1n) is 11.9. The fourth-order valence-corrected chi connectivity index (χ4v) is 4.96. The number of amides is 1. The standard InChI is InChI=1S/C29H27N3O3S/c1-4-34-23-13-11-20(12-14-23)27-31-28-24(16-21-9-6-8-19(3)26(21)35-28)29(32-27)36-17-25(33)30-22-10-5-7-18(2)15-22/h5-15H,4,16-17H2,1-3H3,(H,30,33). The van der Waals surface area contributed by atoms with Crippen LogP contribution in [0.3, 0.4) is 0 Å². The number of fused-ring (bicyclic) bond motifs is 2. The Balaban J connectivity index is 1.45. The maximum atomic E-state index is 12.7. The summed E-state index contributed by atoms with van der Waals surface area (Å²) in [6.07, 6.45) is 0.651. The number of carbonyl (C=O) groups is 1. The van der Waals surface area contributed by atoms with Crippen LogP contribution < -0.4 is 14.8 Å². The molecule has 4 aromatic rings. The number of nitrogens with zero attached hydrogens (tertiary/aromatic N) is 2. The molecule has 7 heteroatoms. The predicted molar refractivity (Wildman–Crippen MR) is 143 cm³/mol. The number of anilines is 1. The Morgan fingerprint density at radius 1 is 1.06 bits per heavy atom. The van der Waals surface area contributed by atoms with Gasteiger partial charge in [0.25, 0.3) is 0 Å². The molecule has 0 bridgehead atoms. The summed E-state index contributed by atoms with van der Waals surface area (Å²) in [5.41, 5.74) is 5.78. The molecule has 1 aliphatic rings. The molecule has 36 heavy (non-hydrogen) atoms. The van der Waals surface area contributed by atoms with Gasteiger partial charge in [-0.15, -0.1) is 0 Å². The molecule has 3 aromatic carbocycles. The zero-order valence-electron chi connectivity index (χ0n) is 20.5. The van der Waals surface area contributed by atoms with Crippen LogP contribution >= 0.6 is 11.8 Å². The normalized spacial score (nSPS) is 11.8. The van der Waals surface area contributed by atoms with Crippen LogP contribution in [0.15, 0.2) is 71.8 Å². The molecule has 0 saturated heterocycles. The van der Waals surface area contributed by atoms with Gasteiger partial charge in [0.1, 0.15) is 16.5 Å². The van der Waals surface area contributed by atoms with Crippen molar-refractivity contribution in [3.05, 3.63) is 89.0 Å². The molecule has 1 aromatic heterocycles. The largest absolute Gasteiger partial charge is 0.494 e. The summed E-state index contributed by atoms with van der Waals surface area (Å²) in [6.45, 7) is 6.59. The Labute approximate surface area is 215 Å². The van der Waals surface area contributed by atoms with Crippen molar-refractivity contribution in [1.82, 2.24) is 9.97 Å². The molecule has 182 valence electrons. The van der Waals surface area contributed by atoms with E-state index in [0.29, 0.717) is 24.7 Å². The van der Waals surface area contributed by atoms with E-state index in [2.05, 4.69) is 11.4 Å². The first-order chi connectivity index (χ1) is 17.5. The Kier molecular flexibility index (Phi) is 6.91. The third-order valence-electron chi connectivity index (χ3n) is 5.86. The van der Waals surface area contributed by atoms with E-state index in [1.54, 1.807) is 0 Å². The number of ether oxygens (including phenoxy) is 2. The number of hydrogen-bond donors (Lipinski definition) is 1. The van der Waals surface area contributed by atoms with Crippen LogP contribution in [0.4, 0.5) is 5.69 Å². The quantitative estimate of drug-likeness (QED) is 0.202. The minimum Gasteiger partial charge on any atom is -0.494 e. The molecular formula is C29H27N3O3S. The van der Waals surface area contributed by atoms with Crippen LogP contribution in [0.25, 0.3) is 11.4 Å². The summed E-state index contributed by atoms with van der Waals surface area (Å²) in [5.74, 6) is 2.86. The van der Waals surface area contributed by atoms with E-state index in [0.717, 1.165) is 50.0 Å². The van der Waals surface area contributed by atoms with Crippen LogP contribution in [-0.2, 0) is 11.2 Å². The van der Waals surface area contributed by atoms with Crippen molar-refractivity contribution in [2.24, 2.45) is 0 Å². The number of hydrogen-bond acceptors (Lipinski definition) is 6. The fraction of sp³-hybridized carbons (Fsp3) is 0.207. The van der Waals surface area contributed by atoms with Gasteiger partial charge in [-0.3, -0.25) is 4.79 Å². The molecule has 1 N–H and O–H groups in total. The van der Waals surface area contributed by atoms with Gasteiger partial charge in [0.05, 0.1) is 17.9 Å². The van der Waals surface area contributed by atoms with Gasteiger partial charge in [0, 0.05) is 17.7 Å². The van der Waals surface area contributed by atoms with Crippen molar-refractivity contribution < 1.29 is 14.3 Å². The number of benzene rings is 3. The lowest BCUT2D eigenvalue weighted by Crippen LogP contribution is -2.15. The van der Waals surface area contributed by atoms with Crippen molar-refractivity contribution >= 4 is 23.4 Å². The average molecular weight is 498 g/mol. The van der Waals surface area contributed by atoms with E-state index in [9.17, 15) is 4.79 Å². The van der Waals surface area contributed by atoms with E-state index in [1.807, 2.05) is 81.4 Å². The summed E-state index contributed by atoms with van der Waals surface area (Å²) >= 11 is 1.40. The van der Waals surface area contributed by atoms with Crippen LogP contribution in [0.2, 0.25) is 0 Å². The van der Waals surface area contributed by atoms with Crippen molar-refractivity contribution in [2.75, 3.05) is 17.7 Å². The number of aromatic nitrogens is 2. The Morgan fingerprint density at radius 3 is 2.64 bits per heavy atom. The highest BCUT2D eigenvalue weighted by molar-refractivity contribution is 8.00. The number of thioether (sulfide) groups is 1. The van der Waals surface area contributed by atoms with Crippen LogP contribution in [0, 0.1) is 13.8 Å². The van der Waals surface area contributed by atoms with E-state index in [-0.39, 0.29) is 11.7 Å². The van der Waals surface area contributed by atoms with Crippen LogP contribution in [-0.4, -0.2) is 28.2 Å². The van der Waals surface area contributed by atoms with Gasteiger partial charge in [-0.25, -0.2) is 4.98 Å². The van der Waals surface area contributed by atoms with E-state index in [1.165, 1.54) is 11.8 Å². The van der Waals surface area contributed by atoms with Gasteiger partial charge >= 0.3 is 0 Å². The fourth-order valence-electron chi connectivity index (χ4n) is 4.13. The first kappa shape index (κ1) is 23.9. The molecular weight excluding hydrogens is 470 g/mol. The summed E-state index contributed by atoms with van der Waals surface area (Å²) in [6, 6.07) is 21.6. The lowest BCUT2D eigenvalue weighted by molar-refractivity contribution is -0.113. The van der Waals surface area contributed by atoms with Gasteiger partial charge < -0.3 is 14.8 Å². The Hall–Kier alpha value is -3.84. The highest BCUT2D eigenvalue weighted by Crippen LogP contribution is 2.41. The minimum absolute atomic E-state index is 0.0893. The minimum atomic E-state index is -0.0893. The molecule has 0 atom stereocenters. The molecule has 1 aliphatic heterocycles. The van der Waals surface area contributed by atoms with Crippen LogP contribution in [0.1, 0.15) is 29.2 Å². The Morgan fingerprint density at radius 2 is 1.86 bits per heavy atom. The molecule has 5 rings (SSSR count). The smallest absolute Gasteiger partial charge is 0.234 e. The molecule has 0 aliphatic carbocycles. The molecule has 6 nitrogen and oxygen atoms in total. The monoisotopic (exact) mass is 497 g/mol. The van der Waals surface area contributed by atoms with E-state index >= 15 is 0 Å². The average Bonchev–Trinajstić information content (AvgIpc) is 2.87. The Bertz CT molecular complexity index is 1420. The van der Waals surface area contributed by atoms with E-state index < -0.39 is 0 Å². The predicted octanol–water partition coefficient (Wildman–Crippen LogP) is 6.59. The zero-order valence-corrected chi connectivity index (χ0v) is 21.3.